The number of aliphatic hydroxyl groups is 1. The Labute approximate surface area is 302 Å². The second-order valence-corrected chi connectivity index (χ2v) is 12.8. The molecule has 9 nitrogen and oxygen atoms in total. The molecule has 1 aliphatic rings. The molecule has 12 heteroatoms. The molecule has 1 aliphatic heterocycles. The number of aryl methyl sites for hydroxylation is 1. The predicted molar refractivity (Wildman–Crippen MR) is 192 cm³/mol. The Kier molecular flexibility index (Phi) is 13.2. The van der Waals surface area contributed by atoms with Gasteiger partial charge in [-0.25, -0.2) is 9.37 Å². The molecule has 1 amide bonds. The lowest BCUT2D eigenvalue weighted by atomic mass is 10.1. The van der Waals surface area contributed by atoms with Gasteiger partial charge in [0.2, 0.25) is 11.8 Å². The number of amides is 1. The summed E-state index contributed by atoms with van der Waals surface area (Å²) < 4.78 is 32.0. The number of piperazine rings is 1. The van der Waals surface area contributed by atoms with Crippen LogP contribution >= 0.6 is 24.0 Å². The lowest BCUT2D eigenvalue weighted by Gasteiger charge is -2.34. The van der Waals surface area contributed by atoms with Crippen molar-refractivity contribution >= 4 is 36.0 Å². The number of hydrogen-bond donors (Lipinski definition) is 1. The van der Waals surface area contributed by atoms with Crippen molar-refractivity contribution in [3.05, 3.63) is 118 Å². The van der Waals surface area contributed by atoms with Gasteiger partial charge in [0.05, 0.1) is 29.5 Å². The molecule has 1 aromatic heterocycles. The van der Waals surface area contributed by atoms with Crippen molar-refractivity contribution in [1.82, 2.24) is 14.8 Å². The summed E-state index contributed by atoms with van der Waals surface area (Å²) in [6.45, 7) is 8.35. The second-order valence-electron chi connectivity index (χ2n) is 12.4. The van der Waals surface area contributed by atoms with Crippen LogP contribution in [0.25, 0.3) is 6.08 Å². The van der Waals surface area contributed by atoms with E-state index in [-0.39, 0.29) is 30.7 Å². The quantitative estimate of drug-likeness (QED) is 0.151. The fourth-order valence-corrected chi connectivity index (χ4v) is 5.47. The molecule has 5 rings (SSSR count). The highest BCUT2D eigenvalue weighted by molar-refractivity contribution is 6.32. The van der Waals surface area contributed by atoms with Crippen molar-refractivity contribution in [1.29, 1.82) is 5.26 Å². The maximum absolute atomic E-state index is 14.6. The van der Waals surface area contributed by atoms with Crippen molar-refractivity contribution in [2.75, 3.05) is 32.8 Å². The van der Waals surface area contributed by atoms with Crippen LogP contribution in [-0.2, 0) is 17.9 Å². The van der Waals surface area contributed by atoms with E-state index in [0.29, 0.717) is 67.3 Å². The van der Waals surface area contributed by atoms with Crippen LogP contribution in [0.15, 0.2) is 79.0 Å². The number of halogens is 3. The Bertz CT molecular complexity index is 1810. The van der Waals surface area contributed by atoms with Gasteiger partial charge in [-0.05, 0) is 91.6 Å². The zero-order chi connectivity index (χ0) is 35.0. The summed E-state index contributed by atoms with van der Waals surface area (Å²) in [6, 6.07) is 21.2. The molecule has 0 radical (unpaired) electrons. The summed E-state index contributed by atoms with van der Waals surface area (Å²) in [5.41, 5.74) is 3.01. The van der Waals surface area contributed by atoms with E-state index in [0.717, 1.165) is 22.3 Å². The van der Waals surface area contributed by atoms with Crippen LogP contribution in [0.2, 0.25) is 5.02 Å². The number of hydrogen-bond acceptors (Lipinski definition) is 8. The van der Waals surface area contributed by atoms with E-state index in [1.807, 2.05) is 31.2 Å². The number of benzene rings is 3. The first-order valence-electron chi connectivity index (χ1n) is 15.9. The molecular formula is C38H39Cl2FN4O5. The summed E-state index contributed by atoms with van der Waals surface area (Å²) >= 11 is 6.58. The molecule has 262 valence electrons. The number of aromatic nitrogens is 1. The number of ether oxygens (including phenoxy) is 3. The molecule has 0 bridgehead atoms. The van der Waals surface area contributed by atoms with Gasteiger partial charge in [-0.1, -0.05) is 29.8 Å². The van der Waals surface area contributed by atoms with Crippen LogP contribution < -0.4 is 14.2 Å². The summed E-state index contributed by atoms with van der Waals surface area (Å²) in [5.74, 6) is 0.930. The van der Waals surface area contributed by atoms with Crippen LogP contribution in [-0.4, -0.2) is 64.2 Å². The fourth-order valence-electron chi connectivity index (χ4n) is 5.16. The van der Waals surface area contributed by atoms with Gasteiger partial charge in [-0.15, -0.1) is 12.4 Å². The van der Waals surface area contributed by atoms with E-state index in [1.54, 1.807) is 73.5 Å². The van der Waals surface area contributed by atoms with Gasteiger partial charge in [0.1, 0.15) is 18.0 Å². The number of pyridine rings is 1. The number of nitrogens with zero attached hydrogens (tertiary/aromatic N) is 4. The third-order valence-electron chi connectivity index (χ3n) is 7.93. The average Bonchev–Trinajstić information content (AvgIpc) is 3.10. The van der Waals surface area contributed by atoms with Crippen molar-refractivity contribution < 1.29 is 28.5 Å². The predicted octanol–water partition coefficient (Wildman–Crippen LogP) is 7.35. The first-order valence-corrected chi connectivity index (χ1v) is 16.2. The Balaban J connectivity index is 0.00000562. The number of carbonyl (C=O) groups excluding carboxylic acids is 1. The number of aliphatic hydroxyl groups excluding tert-OH is 1. The zero-order valence-electron chi connectivity index (χ0n) is 28.1. The third kappa shape index (κ3) is 10.4. The molecule has 3 aromatic carbocycles. The number of nitriles is 1. The monoisotopic (exact) mass is 720 g/mol. The highest BCUT2D eigenvalue weighted by Gasteiger charge is 2.22. The minimum Gasteiger partial charge on any atom is -0.487 e. The van der Waals surface area contributed by atoms with E-state index in [9.17, 15) is 14.3 Å². The lowest BCUT2D eigenvalue weighted by Crippen LogP contribution is -2.47. The van der Waals surface area contributed by atoms with E-state index >= 15 is 0 Å². The van der Waals surface area contributed by atoms with E-state index in [2.05, 4.69) is 16.0 Å². The summed E-state index contributed by atoms with van der Waals surface area (Å²) in [5, 5.41) is 18.7. The molecule has 0 unspecified atom stereocenters. The minimum absolute atomic E-state index is 0. The molecule has 1 fully saturated rings. The highest BCUT2D eigenvalue weighted by Crippen LogP contribution is 2.34. The largest absolute Gasteiger partial charge is 0.487 e. The van der Waals surface area contributed by atoms with Gasteiger partial charge < -0.3 is 24.2 Å². The van der Waals surface area contributed by atoms with Crippen LogP contribution in [0.3, 0.4) is 0 Å². The van der Waals surface area contributed by atoms with Crippen molar-refractivity contribution in [2.45, 2.75) is 39.5 Å². The summed E-state index contributed by atoms with van der Waals surface area (Å²) in [4.78, 5) is 21.3. The van der Waals surface area contributed by atoms with Crippen LogP contribution in [0.4, 0.5) is 4.39 Å². The minimum atomic E-state index is -0.874. The van der Waals surface area contributed by atoms with E-state index < -0.39 is 11.4 Å². The summed E-state index contributed by atoms with van der Waals surface area (Å²) in [6.07, 6.45) is 4.85. The smallest absolute Gasteiger partial charge is 0.246 e. The molecule has 0 saturated carbocycles. The van der Waals surface area contributed by atoms with E-state index in [4.69, 9.17) is 31.1 Å². The number of carbonyl (C=O) groups is 1. The maximum Gasteiger partial charge on any atom is 0.246 e. The van der Waals surface area contributed by atoms with Crippen LogP contribution in [0.1, 0.15) is 41.7 Å². The molecule has 50 heavy (non-hydrogen) atoms. The Hall–Kier alpha value is -4.66. The Morgan fingerprint density at radius 3 is 2.40 bits per heavy atom. The molecule has 4 aromatic rings. The first-order chi connectivity index (χ1) is 23.5. The molecule has 1 saturated heterocycles. The molecule has 1 N–H and O–H groups in total. The molecule has 2 heterocycles. The third-order valence-corrected chi connectivity index (χ3v) is 8.21. The molecule has 0 spiro atoms. The van der Waals surface area contributed by atoms with Crippen LogP contribution in [0, 0.1) is 24.1 Å². The van der Waals surface area contributed by atoms with Gasteiger partial charge in [0, 0.05) is 44.9 Å². The fraction of sp³-hybridized carbons (Fsp3) is 0.289. The molecule has 0 atom stereocenters. The van der Waals surface area contributed by atoms with Crippen molar-refractivity contribution in [3.63, 3.8) is 0 Å². The van der Waals surface area contributed by atoms with Crippen LogP contribution in [0.5, 0.6) is 23.1 Å². The van der Waals surface area contributed by atoms with Gasteiger partial charge in [-0.3, -0.25) is 9.69 Å². The summed E-state index contributed by atoms with van der Waals surface area (Å²) in [7, 11) is 0. The SMILES string of the molecule is Cc1cc(/C=C/C(=O)N2CCN(Cc3ccc(OC(C)(C)CO)c(F)c3)CC2)cc(Cl)c1Oc1ccc(OCc2ccc(C#N)cc2)cn1.Cl. The van der Waals surface area contributed by atoms with Crippen molar-refractivity contribution in [3.8, 4) is 29.2 Å². The Morgan fingerprint density at radius 1 is 1.06 bits per heavy atom. The lowest BCUT2D eigenvalue weighted by molar-refractivity contribution is -0.127. The highest BCUT2D eigenvalue weighted by atomic mass is 35.5. The first kappa shape index (κ1) is 38.1. The average molecular weight is 722 g/mol. The number of rotatable bonds is 12. The van der Waals surface area contributed by atoms with Gasteiger partial charge in [0.25, 0.3) is 0 Å². The normalized spacial score (nSPS) is 13.4. The molecule has 0 aliphatic carbocycles. The topological polar surface area (TPSA) is 108 Å². The van der Waals surface area contributed by atoms with Gasteiger partial charge >= 0.3 is 0 Å². The van der Waals surface area contributed by atoms with Gasteiger partial charge in [0.15, 0.2) is 17.3 Å². The standard InChI is InChI=1S/C38H38ClFN4O5.ClH/c1-26-18-29(19-32(39)37(26)48-35-12-10-31(22-42-35)47-24-28-6-4-27(21-41)5-7-28)9-13-36(46)44-16-14-43(15-17-44)23-30-8-11-34(33(40)20-30)49-38(2,3)25-45;/h4-13,18-20,22,45H,14-17,23-25H2,1-3H3;1H/b13-9+;. The Morgan fingerprint density at radius 2 is 1.78 bits per heavy atom. The van der Waals surface area contributed by atoms with Gasteiger partial charge in [-0.2, -0.15) is 5.26 Å². The molecular weight excluding hydrogens is 682 g/mol. The second kappa shape index (κ2) is 17.3. The zero-order valence-corrected chi connectivity index (χ0v) is 29.6. The van der Waals surface area contributed by atoms with E-state index in [1.165, 1.54) is 6.07 Å². The van der Waals surface area contributed by atoms with Crippen molar-refractivity contribution in [2.24, 2.45) is 0 Å². The maximum atomic E-state index is 14.6.